The second-order valence-corrected chi connectivity index (χ2v) is 9.35. The molecule has 1 aliphatic heterocycles. The smallest absolute Gasteiger partial charge is 0.251 e. The van der Waals surface area contributed by atoms with Crippen molar-refractivity contribution < 1.29 is 13.2 Å². The molecule has 0 aliphatic carbocycles. The summed E-state index contributed by atoms with van der Waals surface area (Å²) in [5.41, 5.74) is 1.52. The highest BCUT2D eigenvalue weighted by Crippen LogP contribution is 2.24. The van der Waals surface area contributed by atoms with E-state index in [-0.39, 0.29) is 16.8 Å². The van der Waals surface area contributed by atoms with Crippen LogP contribution in [-0.2, 0) is 10.0 Å². The number of hydrogen-bond donors (Lipinski definition) is 1. The maximum Gasteiger partial charge on any atom is 0.251 e. The third-order valence-electron chi connectivity index (χ3n) is 5.10. The maximum atomic E-state index is 12.7. The molecule has 1 amide bonds. The van der Waals surface area contributed by atoms with E-state index in [1.807, 2.05) is 18.2 Å². The molecule has 7 heteroatoms. The Morgan fingerprint density at radius 2 is 1.75 bits per heavy atom. The Labute approximate surface area is 167 Å². The third kappa shape index (κ3) is 4.60. The number of amides is 1. The topological polar surface area (TPSA) is 69.7 Å². The van der Waals surface area contributed by atoms with Gasteiger partial charge in [-0.25, -0.2) is 12.7 Å². The summed E-state index contributed by atoms with van der Waals surface area (Å²) in [5, 5.41) is 2.99. The molecule has 1 atom stereocenters. The van der Waals surface area contributed by atoms with E-state index in [0.29, 0.717) is 12.1 Å². The molecule has 0 spiro atoms. The van der Waals surface area contributed by atoms with Crippen molar-refractivity contribution in [1.82, 2.24) is 14.5 Å². The Balaban J connectivity index is 1.75. The molecule has 150 valence electrons. The van der Waals surface area contributed by atoms with Crippen LogP contribution in [0.25, 0.3) is 0 Å². The zero-order valence-corrected chi connectivity index (χ0v) is 17.2. The quantitative estimate of drug-likeness (QED) is 0.774. The Kier molecular flexibility index (Phi) is 6.49. The second kappa shape index (κ2) is 8.86. The lowest BCUT2D eigenvalue weighted by molar-refractivity contribution is 0.0937. The van der Waals surface area contributed by atoms with Crippen molar-refractivity contribution in [3.63, 3.8) is 0 Å². The lowest BCUT2D eigenvalue weighted by atomic mass is 10.1. The normalized spacial score (nSPS) is 16.2. The first-order valence-electron chi connectivity index (χ1n) is 9.49. The van der Waals surface area contributed by atoms with E-state index < -0.39 is 10.0 Å². The van der Waals surface area contributed by atoms with Crippen molar-refractivity contribution >= 4 is 15.9 Å². The van der Waals surface area contributed by atoms with E-state index in [0.717, 1.165) is 17.4 Å². The fourth-order valence-electron chi connectivity index (χ4n) is 3.49. The number of rotatable bonds is 7. The highest BCUT2D eigenvalue weighted by atomic mass is 32.2. The van der Waals surface area contributed by atoms with Gasteiger partial charge in [0.1, 0.15) is 0 Å². The second-order valence-electron chi connectivity index (χ2n) is 7.19. The summed E-state index contributed by atoms with van der Waals surface area (Å²) in [5.74, 6) is -0.268. The standard InChI is InChI=1S/C21H27N3O3S/c1-23(2)28(26,27)19-12-8-11-18(15-19)21(25)22-16-20(24-13-6-7-14-24)17-9-4-3-5-10-17/h3-5,8-12,15,20H,6-7,13-14,16H2,1-2H3,(H,22,25). The van der Waals surface area contributed by atoms with Crippen LogP contribution in [0.5, 0.6) is 0 Å². The van der Waals surface area contributed by atoms with Gasteiger partial charge < -0.3 is 5.32 Å². The first-order chi connectivity index (χ1) is 13.4. The SMILES string of the molecule is CN(C)S(=O)(=O)c1cccc(C(=O)NCC(c2ccccc2)N2CCCC2)c1. The average Bonchev–Trinajstić information content (AvgIpc) is 3.23. The van der Waals surface area contributed by atoms with E-state index >= 15 is 0 Å². The molecule has 1 fully saturated rings. The minimum atomic E-state index is -3.58. The van der Waals surface area contributed by atoms with Gasteiger partial charge in [-0.1, -0.05) is 36.4 Å². The molecule has 0 aromatic heterocycles. The molecule has 1 aliphatic rings. The van der Waals surface area contributed by atoms with Gasteiger partial charge in [0.25, 0.3) is 5.91 Å². The van der Waals surface area contributed by atoms with Crippen LogP contribution in [0.4, 0.5) is 0 Å². The molecule has 3 rings (SSSR count). The summed E-state index contributed by atoms with van der Waals surface area (Å²) in [6.07, 6.45) is 2.34. The van der Waals surface area contributed by atoms with Gasteiger partial charge in [0.2, 0.25) is 10.0 Å². The molecule has 0 radical (unpaired) electrons. The van der Waals surface area contributed by atoms with Crippen LogP contribution in [0.2, 0.25) is 0 Å². The van der Waals surface area contributed by atoms with Crippen LogP contribution in [0.15, 0.2) is 59.5 Å². The lowest BCUT2D eigenvalue weighted by Crippen LogP contribution is -2.36. The van der Waals surface area contributed by atoms with Crippen molar-refractivity contribution in [2.75, 3.05) is 33.7 Å². The molecule has 1 saturated heterocycles. The molecule has 2 aromatic carbocycles. The molecule has 0 saturated carbocycles. The van der Waals surface area contributed by atoms with Crippen LogP contribution in [0.3, 0.4) is 0 Å². The van der Waals surface area contributed by atoms with Gasteiger partial charge in [-0.05, 0) is 49.7 Å². The Hall–Kier alpha value is -2.22. The van der Waals surface area contributed by atoms with Crippen molar-refractivity contribution in [3.05, 3.63) is 65.7 Å². The van der Waals surface area contributed by atoms with E-state index in [1.54, 1.807) is 12.1 Å². The van der Waals surface area contributed by atoms with E-state index in [2.05, 4.69) is 22.3 Å². The predicted octanol–water partition coefficient (Wildman–Crippen LogP) is 2.50. The molecule has 0 bridgehead atoms. The summed E-state index contributed by atoms with van der Waals surface area (Å²) < 4.78 is 25.8. The van der Waals surface area contributed by atoms with Gasteiger partial charge in [-0.2, -0.15) is 0 Å². The molecule has 1 N–H and O–H groups in total. The van der Waals surface area contributed by atoms with E-state index in [1.165, 1.54) is 44.6 Å². The number of carbonyl (C=O) groups is 1. The number of carbonyl (C=O) groups excluding carboxylic acids is 1. The zero-order valence-electron chi connectivity index (χ0n) is 16.3. The Bertz CT molecular complexity index is 908. The van der Waals surface area contributed by atoms with Crippen molar-refractivity contribution in [2.24, 2.45) is 0 Å². The molecule has 2 aromatic rings. The van der Waals surface area contributed by atoms with Crippen molar-refractivity contribution in [2.45, 2.75) is 23.8 Å². The van der Waals surface area contributed by atoms with Crippen molar-refractivity contribution in [3.8, 4) is 0 Å². The molecular weight excluding hydrogens is 374 g/mol. The summed E-state index contributed by atoms with van der Waals surface area (Å²) in [6.45, 7) is 2.52. The van der Waals surface area contributed by atoms with Gasteiger partial charge in [-0.15, -0.1) is 0 Å². The Morgan fingerprint density at radius 1 is 1.07 bits per heavy atom. The number of sulfonamides is 1. The minimum Gasteiger partial charge on any atom is -0.350 e. The molecule has 28 heavy (non-hydrogen) atoms. The highest BCUT2D eigenvalue weighted by molar-refractivity contribution is 7.89. The maximum absolute atomic E-state index is 12.7. The Morgan fingerprint density at radius 3 is 2.39 bits per heavy atom. The van der Waals surface area contributed by atoms with E-state index in [4.69, 9.17) is 0 Å². The third-order valence-corrected chi connectivity index (χ3v) is 6.91. The molecule has 1 heterocycles. The van der Waals surface area contributed by atoms with Gasteiger partial charge in [0, 0.05) is 26.2 Å². The number of likely N-dealkylation sites (tertiary alicyclic amines) is 1. The van der Waals surface area contributed by atoms with E-state index in [9.17, 15) is 13.2 Å². The zero-order chi connectivity index (χ0) is 20.1. The van der Waals surface area contributed by atoms with Crippen LogP contribution >= 0.6 is 0 Å². The number of nitrogens with one attached hydrogen (secondary N) is 1. The largest absolute Gasteiger partial charge is 0.350 e. The predicted molar refractivity (Wildman–Crippen MR) is 110 cm³/mol. The average molecular weight is 402 g/mol. The van der Waals surface area contributed by atoms with Crippen LogP contribution in [0, 0.1) is 0 Å². The van der Waals surface area contributed by atoms with Crippen molar-refractivity contribution in [1.29, 1.82) is 0 Å². The fraction of sp³-hybridized carbons (Fsp3) is 0.381. The van der Waals surface area contributed by atoms with Crippen LogP contribution in [-0.4, -0.2) is 57.3 Å². The first-order valence-corrected chi connectivity index (χ1v) is 10.9. The van der Waals surface area contributed by atoms with Gasteiger partial charge >= 0.3 is 0 Å². The van der Waals surface area contributed by atoms with Crippen LogP contribution < -0.4 is 5.32 Å². The number of nitrogens with zero attached hydrogens (tertiary/aromatic N) is 2. The number of hydrogen-bond acceptors (Lipinski definition) is 4. The summed E-state index contributed by atoms with van der Waals surface area (Å²) >= 11 is 0. The molecule has 1 unspecified atom stereocenters. The lowest BCUT2D eigenvalue weighted by Gasteiger charge is -2.28. The van der Waals surface area contributed by atoms with Gasteiger partial charge in [0.15, 0.2) is 0 Å². The van der Waals surface area contributed by atoms with Crippen LogP contribution in [0.1, 0.15) is 34.8 Å². The highest BCUT2D eigenvalue weighted by Gasteiger charge is 2.24. The van der Waals surface area contributed by atoms with Gasteiger partial charge in [-0.3, -0.25) is 9.69 Å². The fourth-order valence-corrected chi connectivity index (χ4v) is 4.43. The monoisotopic (exact) mass is 401 g/mol. The summed E-state index contributed by atoms with van der Waals surface area (Å²) in [4.78, 5) is 15.2. The molecular formula is C21H27N3O3S. The minimum absolute atomic E-state index is 0.112. The summed E-state index contributed by atoms with van der Waals surface area (Å²) in [7, 11) is -0.626. The number of benzene rings is 2. The first kappa shape index (κ1) is 20.5. The summed E-state index contributed by atoms with van der Waals surface area (Å²) in [6, 6.07) is 16.4. The van der Waals surface area contributed by atoms with Gasteiger partial charge in [0.05, 0.1) is 10.9 Å². The molecule has 6 nitrogen and oxygen atoms in total.